The Morgan fingerprint density at radius 2 is 1.70 bits per heavy atom. The van der Waals surface area contributed by atoms with Gasteiger partial charge in [-0.15, -0.1) is 0 Å². The maximum absolute atomic E-state index is 15.0. The summed E-state index contributed by atoms with van der Waals surface area (Å²) in [7, 11) is 1.55. The predicted molar refractivity (Wildman–Crippen MR) is 158 cm³/mol. The number of carbonyl (C=O) groups excluding carboxylic acids is 2. The first-order chi connectivity index (χ1) is 20.9. The van der Waals surface area contributed by atoms with E-state index in [1.165, 1.54) is 12.1 Å². The van der Waals surface area contributed by atoms with E-state index < -0.39 is 24.3 Å². The van der Waals surface area contributed by atoms with Gasteiger partial charge >= 0.3 is 11.8 Å². The van der Waals surface area contributed by atoms with Gasteiger partial charge in [0.15, 0.2) is 23.1 Å². The van der Waals surface area contributed by atoms with Crippen LogP contribution in [-0.4, -0.2) is 43.6 Å². The van der Waals surface area contributed by atoms with Crippen LogP contribution in [0.1, 0.15) is 24.0 Å². The summed E-state index contributed by atoms with van der Waals surface area (Å²) in [6.07, 6.45) is 3.65. The summed E-state index contributed by atoms with van der Waals surface area (Å²) in [6.45, 7) is 2.02. The quantitative estimate of drug-likeness (QED) is 0.216. The Morgan fingerprint density at radius 1 is 0.930 bits per heavy atom. The minimum absolute atomic E-state index is 0.0779. The molecule has 2 amide bonds. The number of halogens is 2. The van der Waals surface area contributed by atoms with Crippen LogP contribution < -0.4 is 30.2 Å². The number of pyridine rings is 1. The molecule has 1 aliphatic rings. The molecule has 0 bridgehead atoms. The molecule has 3 N–H and O–H groups in total. The van der Waals surface area contributed by atoms with Crippen molar-refractivity contribution in [3.8, 4) is 23.0 Å². The van der Waals surface area contributed by atoms with Gasteiger partial charge in [0.05, 0.1) is 19.2 Å². The van der Waals surface area contributed by atoms with Crippen LogP contribution in [0.25, 0.3) is 10.9 Å². The number of nitrogens with zero attached hydrogens (tertiary/aromatic N) is 1. The smallest absolute Gasteiger partial charge is 0.313 e. The van der Waals surface area contributed by atoms with E-state index in [4.69, 9.17) is 14.2 Å². The first-order valence-corrected chi connectivity index (χ1v) is 13.9. The van der Waals surface area contributed by atoms with Crippen LogP contribution in [0, 0.1) is 11.7 Å². The molecule has 11 heteroatoms. The zero-order valence-electron chi connectivity index (χ0n) is 23.6. The van der Waals surface area contributed by atoms with Gasteiger partial charge in [0.2, 0.25) is 0 Å². The summed E-state index contributed by atoms with van der Waals surface area (Å²) < 4.78 is 45.2. The minimum Gasteiger partial charge on any atom is -0.493 e. The Kier molecular flexibility index (Phi) is 9.63. The number of methoxy groups -OCH3 is 1. The first-order valence-electron chi connectivity index (χ1n) is 13.9. The van der Waals surface area contributed by atoms with E-state index >= 15 is 4.39 Å². The Morgan fingerprint density at radius 3 is 2.42 bits per heavy atom. The molecule has 224 valence electrons. The standard InChI is InChI=1S/C32H32F2N4O5/c1-41-29-15-24-26(16-30(29)42-19-22-8-11-35-12-9-22)36-13-10-27(24)43-28-7-6-23(14-25(28)34)38-32(40)31(39)37-18-21-4-2-20(17-33)3-5-21/h2-7,10,13-16,22,35H,8-9,11-12,17-19H2,1H3,(H,37,39)(H,38,40). The van der Waals surface area contributed by atoms with Crippen LogP contribution in [0.3, 0.4) is 0 Å². The highest BCUT2D eigenvalue weighted by molar-refractivity contribution is 6.39. The molecular weight excluding hydrogens is 558 g/mol. The zero-order chi connectivity index (χ0) is 30.2. The fourth-order valence-corrected chi connectivity index (χ4v) is 4.72. The van der Waals surface area contributed by atoms with Crippen molar-refractivity contribution in [3.63, 3.8) is 0 Å². The van der Waals surface area contributed by atoms with E-state index in [-0.39, 0.29) is 18.0 Å². The molecule has 4 aromatic rings. The molecule has 1 aromatic heterocycles. The van der Waals surface area contributed by atoms with Gasteiger partial charge < -0.3 is 30.2 Å². The van der Waals surface area contributed by atoms with Crippen LogP contribution in [0.2, 0.25) is 0 Å². The predicted octanol–water partition coefficient (Wildman–Crippen LogP) is 5.28. The van der Waals surface area contributed by atoms with Crippen molar-refractivity contribution in [3.05, 3.63) is 83.8 Å². The second-order valence-electron chi connectivity index (χ2n) is 10.2. The Labute approximate surface area is 247 Å². The van der Waals surface area contributed by atoms with Crippen LogP contribution >= 0.6 is 0 Å². The molecule has 3 aromatic carbocycles. The number of hydrogen-bond donors (Lipinski definition) is 3. The molecular formula is C32H32F2N4O5. The summed E-state index contributed by atoms with van der Waals surface area (Å²) in [5.74, 6) is -0.798. The fraction of sp³-hybridized carbons (Fsp3) is 0.281. The van der Waals surface area contributed by atoms with Crippen LogP contribution in [0.5, 0.6) is 23.0 Å². The highest BCUT2D eigenvalue weighted by Gasteiger charge is 2.18. The van der Waals surface area contributed by atoms with Crippen molar-refractivity contribution < 1.29 is 32.6 Å². The largest absolute Gasteiger partial charge is 0.493 e. The molecule has 2 heterocycles. The third-order valence-corrected chi connectivity index (χ3v) is 7.17. The van der Waals surface area contributed by atoms with Gasteiger partial charge in [-0.2, -0.15) is 0 Å². The first kappa shape index (κ1) is 29.7. The Balaban J connectivity index is 1.23. The van der Waals surface area contributed by atoms with Crippen LogP contribution in [0.4, 0.5) is 14.5 Å². The maximum Gasteiger partial charge on any atom is 0.313 e. The number of piperidine rings is 1. The third kappa shape index (κ3) is 7.55. The van der Waals surface area contributed by atoms with Gasteiger partial charge in [0.1, 0.15) is 12.4 Å². The lowest BCUT2D eigenvalue weighted by atomic mass is 9.99. The lowest BCUT2D eigenvalue weighted by Gasteiger charge is -2.23. The van der Waals surface area contributed by atoms with Gasteiger partial charge in [0.25, 0.3) is 0 Å². The van der Waals surface area contributed by atoms with E-state index in [9.17, 15) is 14.0 Å². The van der Waals surface area contributed by atoms with Gasteiger partial charge in [-0.1, -0.05) is 24.3 Å². The number of amides is 2. The normalized spacial score (nSPS) is 13.4. The number of nitrogens with one attached hydrogen (secondary N) is 3. The topological polar surface area (TPSA) is 111 Å². The molecule has 0 saturated carbocycles. The molecule has 0 radical (unpaired) electrons. The monoisotopic (exact) mass is 590 g/mol. The number of rotatable bonds is 10. The van der Waals surface area contributed by atoms with E-state index in [1.54, 1.807) is 55.8 Å². The van der Waals surface area contributed by atoms with E-state index in [0.717, 1.165) is 32.0 Å². The number of anilines is 1. The summed E-state index contributed by atoms with van der Waals surface area (Å²) in [4.78, 5) is 29.0. The summed E-state index contributed by atoms with van der Waals surface area (Å²) in [6, 6.07) is 15.5. The molecule has 1 aliphatic heterocycles. The Bertz CT molecular complexity index is 1590. The number of aromatic nitrogens is 1. The number of carbonyl (C=O) groups is 2. The minimum atomic E-state index is -0.959. The maximum atomic E-state index is 15.0. The van der Waals surface area contributed by atoms with Crippen molar-refractivity contribution in [2.45, 2.75) is 26.1 Å². The SMILES string of the molecule is COc1cc2c(Oc3ccc(NC(=O)C(=O)NCc4ccc(CF)cc4)cc3F)ccnc2cc1OCC1CCNCC1. The van der Waals surface area contributed by atoms with Crippen molar-refractivity contribution >= 4 is 28.4 Å². The molecule has 0 unspecified atom stereocenters. The van der Waals surface area contributed by atoms with Crippen molar-refractivity contribution in [1.29, 1.82) is 0 Å². The summed E-state index contributed by atoms with van der Waals surface area (Å²) in [5.41, 5.74) is 1.88. The molecule has 1 saturated heterocycles. The van der Waals surface area contributed by atoms with Gasteiger partial charge in [-0.25, -0.2) is 8.78 Å². The molecule has 43 heavy (non-hydrogen) atoms. The second kappa shape index (κ2) is 13.9. The molecule has 0 spiro atoms. The highest BCUT2D eigenvalue weighted by Crippen LogP contribution is 2.38. The zero-order valence-corrected chi connectivity index (χ0v) is 23.6. The lowest BCUT2D eigenvalue weighted by Crippen LogP contribution is -2.34. The number of alkyl halides is 1. The molecule has 1 fully saturated rings. The summed E-state index contributed by atoms with van der Waals surface area (Å²) >= 11 is 0. The number of fused-ring (bicyclic) bond motifs is 1. The van der Waals surface area contributed by atoms with E-state index in [1.807, 2.05) is 0 Å². The third-order valence-electron chi connectivity index (χ3n) is 7.17. The van der Waals surface area contributed by atoms with Crippen molar-refractivity contribution in [2.75, 3.05) is 32.1 Å². The van der Waals surface area contributed by atoms with Crippen LogP contribution in [0.15, 0.2) is 66.9 Å². The molecule has 5 rings (SSSR count). The highest BCUT2D eigenvalue weighted by atomic mass is 19.1. The van der Waals surface area contributed by atoms with Crippen molar-refractivity contribution in [2.24, 2.45) is 5.92 Å². The number of ether oxygens (including phenoxy) is 3. The lowest BCUT2D eigenvalue weighted by molar-refractivity contribution is -0.136. The van der Waals surface area contributed by atoms with E-state index in [2.05, 4.69) is 20.9 Å². The molecule has 9 nitrogen and oxygen atoms in total. The van der Waals surface area contributed by atoms with Crippen molar-refractivity contribution in [1.82, 2.24) is 15.6 Å². The summed E-state index contributed by atoms with van der Waals surface area (Å²) in [5, 5.41) is 8.80. The average Bonchev–Trinajstić information content (AvgIpc) is 3.04. The average molecular weight is 591 g/mol. The van der Waals surface area contributed by atoms with E-state index in [0.29, 0.717) is 51.8 Å². The van der Waals surface area contributed by atoms with Gasteiger partial charge in [-0.05, 0) is 67.2 Å². The van der Waals surface area contributed by atoms with Crippen LogP contribution in [-0.2, 0) is 22.8 Å². The van der Waals surface area contributed by atoms with Gasteiger partial charge in [0, 0.05) is 35.9 Å². The number of hydrogen-bond acceptors (Lipinski definition) is 7. The fourth-order valence-electron chi connectivity index (χ4n) is 4.72. The number of benzene rings is 3. The Hall–Kier alpha value is -4.77. The second-order valence-corrected chi connectivity index (χ2v) is 10.2. The van der Waals surface area contributed by atoms with Gasteiger partial charge in [-0.3, -0.25) is 14.6 Å². The molecule has 0 atom stereocenters. The molecule has 0 aliphatic carbocycles.